The average Bonchev–Trinajstić information content (AvgIpc) is 3.16. The van der Waals surface area contributed by atoms with Gasteiger partial charge in [-0.05, 0) is 18.4 Å². The molecule has 1 aliphatic rings. The summed E-state index contributed by atoms with van der Waals surface area (Å²) in [7, 11) is 0. The molecule has 1 amide bonds. The van der Waals surface area contributed by atoms with Crippen LogP contribution in [0.1, 0.15) is 68.6 Å². The largest absolute Gasteiger partial charge is 0.349 e. The van der Waals surface area contributed by atoms with Crippen molar-refractivity contribution in [1.29, 1.82) is 0 Å². The second kappa shape index (κ2) is 8.30. The molecule has 1 saturated carbocycles. The summed E-state index contributed by atoms with van der Waals surface area (Å²) in [6.45, 7) is 4.00. The van der Waals surface area contributed by atoms with E-state index in [0.29, 0.717) is 17.9 Å². The first-order valence-electron chi connectivity index (χ1n) is 9.48. The van der Waals surface area contributed by atoms with E-state index in [1.54, 1.807) is 0 Å². The Hall–Kier alpha value is -2.43. The highest BCUT2D eigenvalue weighted by atomic mass is 16.2. The second-order valence-corrected chi connectivity index (χ2v) is 7.43. The molecule has 1 aromatic carbocycles. The van der Waals surface area contributed by atoms with Crippen molar-refractivity contribution < 1.29 is 4.79 Å². The first-order chi connectivity index (χ1) is 12.5. The van der Waals surface area contributed by atoms with Gasteiger partial charge in [0.25, 0.3) is 5.56 Å². The quantitative estimate of drug-likeness (QED) is 0.835. The van der Waals surface area contributed by atoms with E-state index in [1.807, 2.05) is 44.2 Å². The predicted octanol–water partition coefficient (Wildman–Crippen LogP) is 3.48. The minimum absolute atomic E-state index is 0.111. The molecule has 0 unspecified atom stereocenters. The van der Waals surface area contributed by atoms with Crippen LogP contribution in [0.5, 0.6) is 0 Å². The van der Waals surface area contributed by atoms with Crippen molar-refractivity contribution in [3.05, 3.63) is 63.8 Å². The Balaban J connectivity index is 1.84. The van der Waals surface area contributed by atoms with Crippen molar-refractivity contribution in [2.75, 3.05) is 0 Å². The van der Waals surface area contributed by atoms with Crippen molar-refractivity contribution in [3.8, 4) is 0 Å². The lowest BCUT2D eigenvalue weighted by atomic mass is 9.99. The Labute approximate surface area is 154 Å². The Morgan fingerprint density at radius 3 is 2.58 bits per heavy atom. The Morgan fingerprint density at radius 2 is 1.92 bits per heavy atom. The van der Waals surface area contributed by atoms with E-state index in [-0.39, 0.29) is 29.3 Å². The number of carbonyl (C=O) groups excluding carboxylic acids is 1. The first-order valence-corrected chi connectivity index (χ1v) is 9.48. The Kier molecular flexibility index (Phi) is 5.86. The SMILES string of the molecule is CC(C)c1nc(C[C@H](NC(=O)C2CCCC2)c2ccccc2)cc(=O)[nH]1. The van der Waals surface area contributed by atoms with Crippen LogP contribution in [0, 0.1) is 5.92 Å². The van der Waals surface area contributed by atoms with Crippen LogP contribution in [-0.2, 0) is 11.2 Å². The van der Waals surface area contributed by atoms with Gasteiger partial charge in [-0.25, -0.2) is 4.98 Å². The fourth-order valence-corrected chi connectivity index (χ4v) is 3.53. The third-order valence-electron chi connectivity index (χ3n) is 5.02. The lowest BCUT2D eigenvalue weighted by Gasteiger charge is -2.21. The molecule has 2 aromatic rings. The number of rotatable bonds is 6. The van der Waals surface area contributed by atoms with Crippen LogP contribution in [0.25, 0.3) is 0 Å². The maximum absolute atomic E-state index is 12.7. The van der Waals surface area contributed by atoms with Crippen molar-refractivity contribution in [1.82, 2.24) is 15.3 Å². The summed E-state index contributed by atoms with van der Waals surface area (Å²) in [5.74, 6) is 1.05. The van der Waals surface area contributed by atoms with E-state index in [2.05, 4.69) is 15.3 Å². The summed E-state index contributed by atoms with van der Waals surface area (Å²) in [6, 6.07) is 11.3. The lowest BCUT2D eigenvalue weighted by molar-refractivity contribution is -0.125. The minimum atomic E-state index is -0.182. The van der Waals surface area contributed by atoms with E-state index in [9.17, 15) is 9.59 Å². The van der Waals surface area contributed by atoms with E-state index in [1.165, 1.54) is 6.07 Å². The number of H-pyrrole nitrogens is 1. The summed E-state index contributed by atoms with van der Waals surface area (Å²) in [5, 5.41) is 3.20. The van der Waals surface area contributed by atoms with Gasteiger partial charge in [0.2, 0.25) is 5.91 Å². The fraction of sp³-hybridized carbons (Fsp3) is 0.476. The zero-order chi connectivity index (χ0) is 18.5. The maximum atomic E-state index is 12.7. The Bertz CT molecular complexity index is 792. The second-order valence-electron chi connectivity index (χ2n) is 7.43. The molecule has 1 fully saturated rings. The molecule has 5 nitrogen and oxygen atoms in total. The number of amides is 1. The van der Waals surface area contributed by atoms with Gasteiger partial charge in [0.15, 0.2) is 0 Å². The number of hydrogen-bond acceptors (Lipinski definition) is 3. The van der Waals surface area contributed by atoms with Crippen molar-refractivity contribution in [3.63, 3.8) is 0 Å². The van der Waals surface area contributed by atoms with Crippen molar-refractivity contribution in [2.24, 2.45) is 5.92 Å². The number of carbonyl (C=O) groups is 1. The first kappa shape index (κ1) is 18.4. The third kappa shape index (κ3) is 4.59. The highest BCUT2D eigenvalue weighted by molar-refractivity contribution is 5.79. The normalized spacial score (nSPS) is 16.0. The van der Waals surface area contributed by atoms with Crippen molar-refractivity contribution >= 4 is 5.91 Å². The summed E-state index contributed by atoms with van der Waals surface area (Å²) in [5.41, 5.74) is 1.60. The van der Waals surface area contributed by atoms with Crippen LogP contribution in [0.2, 0.25) is 0 Å². The van der Waals surface area contributed by atoms with Crippen LogP contribution in [0.15, 0.2) is 41.2 Å². The van der Waals surface area contributed by atoms with Crippen LogP contribution < -0.4 is 10.9 Å². The van der Waals surface area contributed by atoms with Crippen LogP contribution in [0.4, 0.5) is 0 Å². The lowest BCUT2D eigenvalue weighted by Crippen LogP contribution is -2.34. The molecule has 1 aromatic heterocycles. The molecule has 138 valence electrons. The zero-order valence-electron chi connectivity index (χ0n) is 15.5. The average molecular weight is 353 g/mol. The van der Waals surface area contributed by atoms with Gasteiger partial charge < -0.3 is 10.3 Å². The molecule has 1 aliphatic carbocycles. The van der Waals surface area contributed by atoms with Crippen LogP contribution in [0.3, 0.4) is 0 Å². The number of aromatic amines is 1. The van der Waals surface area contributed by atoms with Gasteiger partial charge in [-0.3, -0.25) is 9.59 Å². The van der Waals surface area contributed by atoms with E-state index in [4.69, 9.17) is 0 Å². The standard InChI is InChI=1S/C21H27N3O2/c1-14(2)20-22-17(13-19(25)24-20)12-18(15-8-4-3-5-9-15)23-21(26)16-10-6-7-11-16/h3-5,8-9,13-14,16,18H,6-7,10-12H2,1-2H3,(H,23,26)(H,22,24,25)/t18-/m0/s1. The third-order valence-corrected chi connectivity index (χ3v) is 5.02. The molecule has 0 spiro atoms. The van der Waals surface area contributed by atoms with Crippen molar-refractivity contribution in [2.45, 2.75) is 57.9 Å². The van der Waals surface area contributed by atoms with E-state index in [0.717, 1.165) is 31.2 Å². The molecule has 0 aliphatic heterocycles. The van der Waals surface area contributed by atoms with Gasteiger partial charge in [0.05, 0.1) is 11.7 Å². The van der Waals surface area contributed by atoms with Crippen LogP contribution >= 0.6 is 0 Å². The summed E-state index contributed by atoms with van der Waals surface area (Å²) >= 11 is 0. The molecule has 5 heteroatoms. The molecular weight excluding hydrogens is 326 g/mol. The highest BCUT2D eigenvalue weighted by Gasteiger charge is 2.25. The predicted molar refractivity (Wildman–Crippen MR) is 102 cm³/mol. The topological polar surface area (TPSA) is 74.8 Å². The minimum Gasteiger partial charge on any atom is -0.349 e. The smallest absolute Gasteiger partial charge is 0.251 e. The van der Waals surface area contributed by atoms with E-state index >= 15 is 0 Å². The zero-order valence-corrected chi connectivity index (χ0v) is 15.5. The fourth-order valence-electron chi connectivity index (χ4n) is 3.53. The van der Waals surface area contributed by atoms with E-state index < -0.39 is 0 Å². The summed E-state index contributed by atoms with van der Waals surface area (Å²) in [4.78, 5) is 32.0. The van der Waals surface area contributed by atoms with Gasteiger partial charge in [-0.15, -0.1) is 0 Å². The molecule has 0 radical (unpaired) electrons. The molecule has 0 saturated heterocycles. The number of aromatic nitrogens is 2. The number of benzene rings is 1. The Morgan fingerprint density at radius 1 is 1.23 bits per heavy atom. The van der Waals surface area contributed by atoms with Gasteiger partial charge in [-0.1, -0.05) is 57.0 Å². The molecular formula is C21H27N3O2. The van der Waals surface area contributed by atoms with Gasteiger partial charge in [-0.2, -0.15) is 0 Å². The molecule has 26 heavy (non-hydrogen) atoms. The molecule has 3 rings (SSSR count). The number of hydrogen-bond donors (Lipinski definition) is 2. The molecule has 1 atom stereocenters. The monoisotopic (exact) mass is 353 g/mol. The molecule has 1 heterocycles. The maximum Gasteiger partial charge on any atom is 0.251 e. The highest BCUT2D eigenvalue weighted by Crippen LogP contribution is 2.26. The van der Waals surface area contributed by atoms with Gasteiger partial charge in [0, 0.05) is 24.3 Å². The summed E-state index contributed by atoms with van der Waals surface area (Å²) < 4.78 is 0. The number of nitrogens with one attached hydrogen (secondary N) is 2. The summed E-state index contributed by atoms with van der Waals surface area (Å²) in [6.07, 6.45) is 4.69. The van der Waals surface area contributed by atoms with Gasteiger partial charge in [0.1, 0.15) is 5.82 Å². The van der Waals surface area contributed by atoms with Gasteiger partial charge >= 0.3 is 0 Å². The molecule has 2 N–H and O–H groups in total. The van der Waals surface area contributed by atoms with Crippen LogP contribution in [-0.4, -0.2) is 15.9 Å². The number of nitrogens with zero attached hydrogens (tertiary/aromatic N) is 1. The molecule has 0 bridgehead atoms.